The first-order valence-electron chi connectivity index (χ1n) is 6.43. The van der Waals surface area contributed by atoms with Crippen LogP contribution in [0.5, 0.6) is 0 Å². The molecule has 0 saturated heterocycles. The topological polar surface area (TPSA) is 12.0 Å². The predicted molar refractivity (Wildman–Crippen MR) is 86.5 cm³/mol. The molecule has 19 heavy (non-hydrogen) atoms. The van der Waals surface area contributed by atoms with E-state index in [1.54, 1.807) is 17.4 Å². The van der Waals surface area contributed by atoms with Crippen LogP contribution in [0.25, 0.3) is 10.4 Å². The molecule has 0 spiro atoms. The lowest BCUT2D eigenvalue weighted by atomic mass is 10.1. The van der Waals surface area contributed by atoms with Gasteiger partial charge in [-0.15, -0.1) is 11.3 Å². The molecule has 0 fully saturated rings. The van der Waals surface area contributed by atoms with Gasteiger partial charge in [-0.05, 0) is 48.9 Å². The monoisotopic (exact) mass is 313 g/mol. The molecule has 0 aliphatic carbocycles. The fraction of sp³-hybridized carbons (Fsp3) is 0.333. The lowest BCUT2D eigenvalue weighted by Crippen LogP contribution is -2.18. The maximum Gasteiger partial charge on any atom is 0.0427 e. The smallest absolute Gasteiger partial charge is 0.0427 e. The number of nitrogens with one attached hydrogen (secondary N) is 1. The summed E-state index contributed by atoms with van der Waals surface area (Å²) in [6.07, 6.45) is 1.09. The van der Waals surface area contributed by atoms with E-state index in [9.17, 15) is 0 Å². The summed E-state index contributed by atoms with van der Waals surface area (Å²) < 4.78 is 0. The van der Waals surface area contributed by atoms with Crippen molar-refractivity contribution < 1.29 is 0 Å². The van der Waals surface area contributed by atoms with E-state index in [-0.39, 0.29) is 0 Å². The van der Waals surface area contributed by atoms with Gasteiger partial charge in [-0.25, -0.2) is 0 Å². The molecule has 2 aromatic rings. The normalized spacial score (nSPS) is 12.6. The Morgan fingerprint density at radius 2 is 1.79 bits per heavy atom. The van der Waals surface area contributed by atoms with E-state index in [1.165, 1.54) is 9.75 Å². The zero-order chi connectivity index (χ0) is 13.8. The average molecular weight is 314 g/mol. The zero-order valence-corrected chi connectivity index (χ0v) is 13.4. The molecule has 0 aliphatic rings. The van der Waals surface area contributed by atoms with Crippen molar-refractivity contribution in [2.75, 3.05) is 6.54 Å². The van der Waals surface area contributed by atoms with E-state index in [2.05, 4.69) is 31.3 Å². The van der Waals surface area contributed by atoms with E-state index in [1.807, 2.05) is 12.1 Å². The molecule has 2 rings (SSSR count). The van der Waals surface area contributed by atoms with Gasteiger partial charge in [0, 0.05) is 25.8 Å². The predicted octanol–water partition coefficient (Wildman–Crippen LogP) is 5.78. The molecule has 1 heterocycles. The Kier molecular flexibility index (Phi) is 5.28. The van der Waals surface area contributed by atoms with Gasteiger partial charge in [0.1, 0.15) is 0 Å². The fourth-order valence-corrected chi connectivity index (χ4v) is 3.76. The molecular formula is C15H17Cl2NS. The van der Waals surface area contributed by atoms with Gasteiger partial charge in [-0.3, -0.25) is 0 Å². The summed E-state index contributed by atoms with van der Waals surface area (Å²) in [6.45, 7) is 5.31. The highest BCUT2D eigenvalue weighted by atomic mass is 35.5. The Morgan fingerprint density at radius 1 is 1.11 bits per heavy atom. The second kappa shape index (κ2) is 6.76. The maximum atomic E-state index is 6.05. The zero-order valence-electron chi connectivity index (χ0n) is 11.0. The van der Waals surface area contributed by atoms with Crippen LogP contribution in [0.4, 0.5) is 0 Å². The summed E-state index contributed by atoms with van der Waals surface area (Å²) in [4.78, 5) is 2.56. The number of hydrogen-bond donors (Lipinski definition) is 1. The van der Waals surface area contributed by atoms with Crippen molar-refractivity contribution in [2.45, 2.75) is 26.3 Å². The van der Waals surface area contributed by atoms with Crippen molar-refractivity contribution in [1.29, 1.82) is 0 Å². The van der Waals surface area contributed by atoms with Gasteiger partial charge >= 0.3 is 0 Å². The van der Waals surface area contributed by atoms with Crippen LogP contribution in [0.15, 0.2) is 30.3 Å². The Balaban J connectivity index is 2.29. The van der Waals surface area contributed by atoms with Crippen LogP contribution in [-0.2, 0) is 0 Å². The number of benzene rings is 1. The first-order valence-corrected chi connectivity index (χ1v) is 8.00. The first kappa shape index (κ1) is 14.9. The second-order valence-electron chi connectivity index (χ2n) is 4.38. The van der Waals surface area contributed by atoms with E-state index in [0.717, 1.165) is 18.5 Å². The van der Waals surface area contributed by atoms with Crippen molar-refractivity contribution in [3.8, 4) is 10.4 Å². The molecule has 1 N–H and O–H groups in total. The van der Waals surface area contributed by atoms with Crippen LogP contribution in [-0.4, -0.2) is 6.54 Å². The summed E-state index contributed by atoms with van der Waals surface area (Å²) in [7, 11) is 0. The van der Waals surface area contributed by atoms with Gasteiger partial charge < -0.3 is 5.32 Å². The van der Waals surface area contributed by atoms with Crippen molar-refractivity contribution in [1.82, 2.24) is 5.32 Å². The van der Waals surface area contributed by atoms with E-state index in [4.69, 9.17) is 23.2 Å². The number of rotatable bonds is 5. The number of thiophene rings is 1. The van der Waals surface area contributed by atoms with Crippen LogP contribution >= 0.6 is 34.5 Å². The third-order valence-corrected chi connectivity index (χ3v) is 4.66. The van der Waals surface area contributed by atoms with Gasteiger partial charge in [-0.2, -0.15) is 0 Å². The summed E-state index contributed by atoms with van der Waals surface area (Å²) in [5, 5.41) is 4.85. The molecule has 1 aromatic heterocycles. The molecular weight excluding hydrogens is 297 g/mol. The Hall–Kier alpha value is -0.540. The minimum Gasteiger partial charge on any atom is -0.310 e. The van der Waals surface area contributed by atoms with Crippen molar-refractivity contribution in [3.63, 3.8) is 0 Å². The van der Waals surface area contributed by atoms with E-state index in [0.29, 0.717) is 16.1 Å². The average Bonchev–Trinajstić information content (AvgIpc) is 2.84. The minimum atomic E-state index is 0.429. The number of hydrogen-bond acceptors (Lipinski definition) is 2. The van der Waals surface area contributed by atoms with Gasteiger partial charge in [-0.1, -0.05) is 37.0 Å². The SMILES string of the molecule is CCNC(CC)c1ccc(-c2cc(Cl)cc(Cl)c2)s1. The number of halogens is 2. The van der Waals surface area contributed by atoms with E-state index >= 15 is 0 Å². The summed E-state index contributed by atoms with van der Waals surface area (Å²) in [5.74, 6) is 0. The Labute approximate surface area is 128 Å². The molecule has 1 nitrogen and oxygen atoms in total. The Bertz CT molecular complexity index is 531. The third-order valence-electron chi connectivity index (χ3n) is 2.98. The van der Waals surface area contributed by atoms with Gasteiger partial charge in [0.05, 0.1) is 0 Å². The van der Waals surface area contributed by atoms with Gasteiger partial charge in [0.2, 0.25) is 0 Å². The molecule has 1 unspecified atom stereocenters. The van der Waals surface area contributed by atoms with Gasteiger partial charge in [0.25, 0.3) is 0 Å². The van der Waals surface area contributed by atoms with Crippen LogP contribution in [0.2, 0.25) is 10.0 Å². The molecule has 102 valence electrons. The van der Waals surface area contributed by atoms with E-state index < -0.39 is 0 Å². The van der Waals surface area contributed by atoms with Crippen LogP contribution in [0.3, 0.4) is 0 Å². The molecule has 0 bridgehead atoms. The van der Waals surface area contributed by atoms with Crippen LogP contribution in [0.1, 0.15) is 31.2 Å². The highest BCUT2D eigenvalue weighted by molar-refractivity contribution is 7.15. The molecule has 0 saturated carbocycles. The van der Waals surface area contributed by atoms with Crippen LogP contribution < -0.4 is 5.32 Å². The second-order valence-corrected chi connectivity index (χ2v) is 6.37. The Morgan fingerprint density at radius 3 is 2.37 bits per heavy atom. The first-order chi connectivity index (χ1) is 9.13. The molecule has 1 aromatic carbocycles. The lowest BCUT2D eigenvalue weighted by molar-refractivity contribution is 0.545. The standard InChI is InChI=1S/C15H17Cl2NS/c1-3-13(18-4-2)15-6-5-14(19-15)10-7-11(16)9-12(17)8-10/h5-9,13,18H,3-4H2,1-2H3. The fourth-order valence-electron chi connectivity index (χ4n) is 2.08. The summed E-state index contributed by atoms with van der Waals surface area (Å²) >= 11 is 13.9. The van der Waals surface area contributed by atoms with Crippen molar-refractivity contribution in [3.05, 3.63) is 45.3 Å². The third kappa shape index (κ3) is 3.73. The molecule has 0 amide bonds. The van der Waals surface area contributed by atoms with Crippen molar-refractivity contribution >= 4 is 34.5 Å². The molecule has 0 radical (unpaired) electrons. The quantitative estimate of drug-likeness (QED) is 0.737. The molecule has 4 heteroatoms. The summed E-state index contributed by atoms with van der Waals surface area (Å²) in [6, 6.07) is 10.4. The highest BCUT2D eigenvalue weighted by Crippen LogP contribution is 2.35. The minimum absolute atomic E-state index is 0.429. The lowest BCUT2D eigenvalue weighted by Gasteiger charge is -2.13. The molecule has 0 aliphatic heterocycles. The van der Waals surface area contributed by atoms with Gasteiger partial charge in [0.15, 0.2) is 0 Å². The van der Waals surface area contributed by atoms with Crippen LogP contribution in [0, 0.1) is 0 Å². The molecule has 1 atom stereocenters. The van der Waals surface area contributed by atoms with Crippen molar-refractivity contribution in [2.24, 2.45) is 0 Å². The largest absolute Gasteiger partial charge is 0.310 e. The summed E-state index contributed by atoms with van der Waals surface area (Å²) in [5.41, 5.74) is 1.08. The maximum absolute atomic E-state index is 6.05. The highest BCUT2D eigenvalue weighted by Gasteiger charge is 2.12.